The number of carbonyl (C=O) groups is 2. The molecular weight excluding hydrogens is 454 g/mol. The molecule has 1 heterocycles. The summed E-state index contributed by atoms with van der Waals surface area (Å²) < 4.78 is 11.2. The molecule has 1 aliphatic heterocycles. The lowest BCUT2D eigenvalue weighted by molar-refractivity contribution is -0.147. The third-order valence-corrected chi connectivity index (χ3v) is 6.52. The Morgan fingerprint density at radius 3 is 2.74 bits per heavy atom. The molecule has 2 aromatic carbocycles. The highest BCUT2D eigenvalue weighted by molar-refractivity contribution is 6.32. The quantitative estimate of drug-likeness (QED) is 0.538. The summed E-state index contributed by atoms with van der Waals surface area (Å²) in [6.45, 7) is 6.43. The number of hydrogen-bond donors (Lipinski definition) is 2. The highest BCUT2D eigenvalue weighted by Crippen LogP contribution is 2.47. The minimum absolute atomic E-state index is 0.0181. The minimum Gasteiger partial charge on any atom is -0.503 e. The monoisotopic (exact) mass is 481 g/mol. The van der Waals surface area contributed by atoms with Gasteiger partial charge in [-0.2, -0.15) is 0 Å². The van der Waals surface area contributed by atoms with Crippen LogP contribution in [-0.4, -0.2) is 30.1 Å². The number of halogens is 1. The van der Waals surface area contributed by atoms with E-state index >= 15 is 0 Å². The van der Waals surface area contributed by atoms with E-state index in [0.29, 0.717) is 42.7 Å². The van der Waals surface area contributed by atoms with Gasteiger partial charge in [0, 0.05) is 35.7 Å². The van der Waals surface area contributed by atoms with Gasteiger partial charge >= 0.3 is 5.97 Å². The molecule has 4 rings (SSSR count). The maximum absolute atomic E-state index is 13.4. The first-order chi connectivity index (χ1) is 16.4. The first kappa shape index (κ1) is 23.9. The highest BCUT2D eigenvalue weighted by Gasteiger charge is 2.44. The van der Waals surface area contributed by atoms with Crippen LogP contribution in [0.1, 0.15) is 43.2 Å². The summed E-state index contributed by atoms with van der Waals surface area (Å²) in [6, 6.07) is 13.0. The van der Waals surface area contributed by atoms with Crippen LogP contribution in [0.5, 0.6) is 11.5 Å². The maximum atomic E-state index is 13.4. The molecule has 2 aliphatic rings. The molecular formula is C27H28ClNO5. The second kappa shape index (κ2) is 10.3. The fourth-order valence-electron chi connectivity index (χ4n) is 4.67. The number of benzene rings is 2. The molecule has 0 fully saturated rings. The molecule has 2 atom stereocenters. The minimum atomic E-state index is -0.827. The lowest BCUT2D eigenvalue weighted by Gasteiger charge is -2.38. The molecule has 0 radical (unpaired) electrons. The van der Waals surface area contributed by atoms with E-state index in [1.807, 2.05) is 30.3 Å². The smallest absolute Gasteiger partial charge is 0.315 e. The standard InChI is InChI=1S/C27H28ClNO5/c1-3-33-22-15-18(14-19(28)26(22)31)24-23(16(2)29-20-10-7-11-21(30)25(20)24)27(32)34-13-12-17-8-5-4-6-9-17/h4-6,8-9,14-15,23-24,29,31H,2-3,7,10-13H2,1H3. The zero-order valence-corrected chi connectivity index (χ0v) is 19.9. The van der Waals surface area contributed by atoms with Crippen LogP contribution in [0, 0.1) is 5.92 Å². The van der Waals surface area contributed by atoms with E-state index in [-0.39, 0.29) is 28.9 Å². The van der Waals surface area contributed by atoms with Crippen LogP contribution in [0.15, 0.2) is 66.0 Å². The molecule has 1 aliphatic carbocycles. The molecule has 2 N–H and O–H groups in total. The Balaban J connectivity index is 1.70. The fourth-order valence-corrected chi connectivity index (χ4v) is 4.89. The second-order valence-electron chi connectivity index (χ2n) is 8.46. The summed E-state index contributed by atoms with van der Waals surface area (Å²) >= 11 is 6.32. The van der Waals surface area contributed by atoms with Crippen molar-refractivity contribution >= 4 is 23.4 Å². The number of aromatic hydroxyl groups is 1. The lowest BCUT2D eigenvalue weighted by atomic mass is 9.71. The zero-order chi connectivity index (χ0) is 24.2. The molecule has 0 amide bonds. The van der Waals surface area contributed by atoms with Crippen molar-refractivity contribution in [3.8, 4) is 11.5 Å². The Hall–Kier alpha value is -3.25. The second-order valence-corrected chi connectivity index (χ2v) is 8.87. The number of Topliss-reactive ketones (excluding diaryl/α,β-unsaturated/α-hetero) is 1. The normalized spacial score (nSPS) is 19.9. The van der Waals surface area contributed by atoms with E-state index in [9.17, 15) is 14.7 Å². The number of hydrogen-bond acceptors (Lipinski definition) is 6. The average Bonchev–Trinajstić information content (AvgIpc) is 2.82. The van der Waals surface area contributed by atoms with Gasteiger partial charge in [-0.3, -0.25) is 9.59 Å². The van der Waals surface area contributed by atoms with Crippen molar-refractivity contribution in [2.75, 3.05) is 13.2 Å². The Kier molecular flexibility index (Phi) is 7.27. The van der Waals surface area contributed by atoms with Crippen LogP contribution in [0.3, 0.4) is 0 Å². The summed E-state index contributed by atoms with van der Waals surface area (Å²) in [6.07, 6.45) is 2.41. The third-order valence-electron chi connectivity index (χ3n) is 6.23. The van der Waals surface area contributed by atoms with Crippen molar-refractivity contribution in [2.24, 2.45) is 5.92 Å². The Morgan fingerprint density at radius 2 is 2.00 bits per heavy atom. The Morgan fingerprint density at radius 1 is 1.24 bits per heavy atom. The van der Waals surface area contributed by atoms with Gasteiger partial charge in [0.15, 0.2) is 17.3 Å². The zero-order valence-electron chi connectivity index (χ0n) is 19.1. The van der Waals surface area contributed by atoms with Crippen LogP contribution < -0.4 is 10.1 Å². The predicted octanol–water partition coefficient (Wildman–Crippen LogP) is 5.05. The molecule has 6 nitrogen and oxygen atoms in total. The Bertz CT molecular complexity index is 1140. The summed E-state index contributed by atoms with van der Waals surface area (Å²) in [5, 5.41) is 13.6. The number of ketones is 1. The average molecular weight is 482 g/mol. The van der Waals surface area contributed by atoms with Crippen molar-refractivity contribution in [3.63, 3.8) is 0 Å². The van der Waals surface area contributed by atoms with E-state index in [1.54, 1.807) is 19.1 Å². The molecule has 0 saturated heterocycles. The van der Waals surface area contributed by atoms with Crippen LogP contribution in [0.4, 0.5) is 0 Å². The Labute approximate surface area is 204 Å². The summed E-state index contributed by atoms with van der Waals surface area (Å²) in [5.74, 6) is -1.92. The van der Waals surface area contributed by atoms with Gasteiger partial charge in [0.2, 0.25) is 0 Å². The van der Waals surface area contributed by atoms with Crippen molar-refractivity contribution in [3.05, 3.63) is 82.2 Å². The van der Waals surface area contributed by atoms with E-state index in [1.165, 1.54) is 0 Å². The number of nitrogens with one attached hydrogen (secondary N) is 1. The van der Waals surface area contributed by atoms with Crippen LogP contribution in [0.2, 0.25) is 5.02 Å². The number of ether oxygens (including phenoxy) is 2. The fraction of sp³-hybridized carbons (Fsp3) is 0.333. The predicted molar refractivity (Wildman–Crippen MR) is 130 cm³/mol. The van der Waals surface area contributed by atoms with Crippen LogP contribution in [-0.2, 0) is 20.7 Å². The first-order valence-corrected chi connectivity index (χ1v) is 11.9. The molecule has 34 heavy (non-hydrogen) atoms. The van der Waals surface area contributed by atoms with E-state index in [4.69, 9.17) is 21.1 Å². The molecule has 2 unspecified atom stereocenters. The number of esters is 1. The number of carbonyl (C=O) groups excluding carboxylic acids is 2. The molecule has 0 bridgehead atoms. The van der Waals surface area contributed by atoms with Gasteiger partial charge in [-0.05, 0) is 43.0 Å². The topological polar surface area (TPSA) is 84.9 Å². The van der Waals surface area contributed by atoms with E-state index in [2.05, 4.69) is 11.9 Å². The summed E-state index contributed by atoms with van der Waals surface area (Å²) in [7, 11) is 0. The summed E-state index contributed by atoms with van der Waals surface area (Å²) in [5.41, 5.74) is 3.47. The third kappa shape index (κ3) is 4.82. The van der Waals surface area contributed by atoms with Gasteiger partial charge in [0.25, 0.3) is 0 Å². The van der Waals surface area contributed by atoms with E-state index < -0.39 is 17.8 Å². The van der Waals surface area contributed by atoms with Gasteiger partial charge in [-0.25, -0.2) is 0 Å². The van der Waals surface area contributed by atoms with Gasteiger partial charge in [-0.15, -0.1) is 0 Å². The first-order valence-electron chi connectivity index (χ1n) is 11.5. The summed E-state index contributed by atoms with van der Waals surface area (Å²) in [4.78, 5) is 26.4. The molecule has 0 aromatic heterocycles. The lowest BCUT2D eigenvalue weighted by Crippen LogP contribution is -2.41. The van der Waals surface area contributed by atoms with Gasteiger partial charge in [0.05, 0.1) is 18.2 Å². The number of rotatable bonds is 7. The largest absolute Gasteiger partial charge is 0.503 e. The number of phenols is 1. The van der Waals surface area contributed by atoms with Gasteiger partial charge in [0.1, 0.15) is 5.92 Å². The number of allylic oxidation sites excluding steroid dienone is 2. The van der Waals surface area contributed by atoms with Crippen molar-refractivity contribution < 1.29 is 24.2 Å². The van der Waals surface area contributed by atoms with E-state index in [0.717, 1.165) is 17.7 Å². The van der Waals surface area contributed by atoms with Crippen LogP contribution >= 0.6 is 11.6 Å². The number of phenolic OH excluding ortho intramolecular Hbond substituents is 1. The maximum Gasteiger partial charge on any atom is 0.315 e. The van der Waals surface area contributed by atoms with Crippen molar-refractivity contribution in [1.82, 2.24) is 5.32 Å². The SMILES string of the molecule is C=C1NC2=C(C(=O)CCC2)C(c2cc(Cl)c(O)c(OCC)c2)C1C(=O)OCCc1ccccc1. The van der Waals surface area contributed by atoms with Gasteiger partial charge < -0.3 is 19.9 Å². The molecule has 2 aromatic rings. The van der Waals surface area contributed by atoms with Crippen molar-refractivity contribution in [1.29, 1.82) is 0 Å². The van der Waals surface area contributed by atoms with Crippen molar-refractivity contribution in [2.45, 2.75) is 38.5 Å². The highest BCUT2D eigenvalue weighted by atomic mass is 35.5. The van der Waals surface area contributed by atoms with Crippen LogP contribution in [0.25, 0.3) is 0 Å². The molecule has 7 heteroatoms. The van der Waals surface area contributed by atoms with Gasteiger partial charge in [-0.1, -0.05) is 48.5 Å². The molecule has 0 spiro atoms. The molecule has 0 saturated carbocycles. The molecule has 178 valence electrons.